The van der Waals surface area contributed by atoms with E-state index in [1.165, 1.54) is 17.6 Å². The van der Waals surface area contributed by atoms with E-state index in [-0.39, 0.29) is 5.03 Å². The molecule has 2 aromatic rings. The van der Waals surface area contributed by atoms with E-state index in [0.717, 1.165) is 11.1 Å². The SMILES string of the molecule is COC(=O)/C(Cl)=C(/Cl)C(=O)N(C/C=C/c1ccc(C)cc1)Cc1ccccc1. The van der Waals surface area contributed by atoms with Gasteiger partial charge in [-0.3, -0.25) is 4.79 Å². The highest BCUT2D eigenvalue weighted by molar-refractivity contribution is 6.53. The highest BCUT2D eigenvalue weighted by atomic mass is 35.5. The maximum atomic E-state index is 12.8. The highest BCUT2D eigenvalue weighted by Gasteiger charge is 2.23. The van der Waals surface area contributed by atoms with Crippen molar-refractivity contribution in [3.8, 4) is 0 Å². The van der Waals surface area contributed by atoms with Crippen molar-refractivity contribution in [1.29, 1.82) is 0 Å². The Kier molecular flexibility index (Phi) is 8.30. The van der Waals surface area contributed by atoms with Crippen molar-refractivity contribution in [2.24, 2.45) is 0 Å². The van der Waals surface area contributed by atoms with Crippen LogP contribution in [0, 0.1) is 6.92 Å². The molecule has 0 N–H and O–H groups in total. The highest BCUT2D eigenvalue weighted by Crippen LogP contribution is 2.20. The number of carbonyl (C=O) groups is 2. The molecule has 0 spiro atoms. The molecule has 0 aliphatic heterocycles. The summed E-state index contributed by atoms with van der Waals surface area (Å²) in [5.41, 5.74) is 3.12. The first kappa shape index (κ1) is 21.7. The lowest BCUT2D eigenvalue weighted by molar-refractivity contribution is -0.136. The van der Waals surface area contributed by atoms with E-state index in [4.69, 9.17) is 23.2 Å². The minimum absolute atomic E-state index is 0.295. The number of halogens is 2. The van der Waals surface area contributed by atoms with Gasteiger partial charge in [-0.1, -0.05) is 95.5 Å². The number of benzene rings is 2. The molecule has 1 amide bonds. The van der Waals surface area contributed by atoms with Crippen molar-refractivity contribution < 1.29 is 14.3 Å². The average Bonchev–Trinajstić information content (AvgIpc) is 2.73. The van der Waals surface area contributed by atoms with Gasteiger partial charge in [0.15, 0.2) is 0 Å². The van der Waals surface area contributed by atoms with Crippen LogP contribution in [0.25, 0.3) is 6.08 Å². The van der Waals surface area contributed by atoms with Crippen LogP contribution in [0.2, 0.25) is 0 Å². The molecule has 0 radical (unpaired) electrons. The molecular weight excluding hydrogens is 397 g/mol. The molecule has 0 unspecified atom stereocenters. The van der Waals surface area contributed by atoms with Gasteiger partial charge in [-0.2, -0.15) is 0 Å². The molecule has 4 nitrogen and oxygen atoms in total. The summed E-state index contributed by atoms with van der Waals surface area (Å²) >= 11 is 11.9. The molecule has 0 aliphatic carbocycles. The minimum atomic E-state index is -0.852. The van der Waals surface area contributed by atoms with Gasteiger partial charge in [0, 0.05) is 13.1 Å². The van der Waals surface area contributed by atoms with E-state index in [1.807, 2.05) is 73.7 Å². The average molecular weight is 418 g/mol. The summed E-state index contributed by atoms with van der Waals surface area (Å²) in [4.78, 5) is 25.9. The van der Waals surface area contributed by atoms with Gasteiger partial charge < -0.3 is 9.64 Å². The van der Waals surface area contributed by atoms with Gasteiger partial charge in [0.2, 0.25) is 0 Å². The quantitative estimate of drug-likeness (QED) is 0.475. The van der Waals surface area contributed by atoms with Crippen LogP contribution in [0.5, 0.6) is 0 Å². The van der Waals surface area contributed by atoms with Crippen molar-refractivity contribution in [1.82, 2.24) is 4.90 Å². The zero-order valence-corrected chi connectivity index (χ0v) is 17.2. The van der Waals surface area contributed by atoms with E-state index in [0.29, 0.717) is 13.1 Å². The van der Waals surface area contributed by atoms with E-state index < -0.39 is 16.9 Å². The molecule has 0 bridgehead atoms. The predicted octanol–water partition coefficient (Wildman–Crippen LogP) is 4.90. The maximum Gasteiger partial charge on any atom is 0.351 e. The van der Waals surface area contributed by atoms with Crippen molar-refractivity contribution in [2.75, 3.05) is 13.7 Å². The standard InChI is InChI=1S/C22H21Cl2NO3/c1-16-10-12-17(13-11-16)9-6-14-25(15-18-7-4-3-5-8-18)21(26)19(23)20(24)22(27)28-2/h3-13H,14-15H2,1-2H3/b9-6+,20-19-. The smallest absolute Gasteiger partial charge is 0.351 e. The number of carbonyl (C=O) groups excluding carboxylic acids is 2. The number of aryl methyl sites for hydroxylation is 1. The van der Waals surface area contributed by atoms with E-state index in [9.17, 15) is 9.59 Å². The van der Waals surface area contributed by atoms with Crippen LogP contribution in [-0.4, -0.2) is 30.4 Å². The number of rotatable bonds is 7. The normalized spacial score (nSPS) is 11.9. The van der Waals surface area contributed by atoms with Gasteiger partial charge in [-0.15, -0.1) is 0 Å². The first-order valence-electron chi connectivity index (χ1n) is 8.62. The minimum Gasteiger partial charge on any atom is -0.465 e. The molecule has 2 aromatic carbocycles. The monoisotopic (exact) mass is 417 g/mol. The molecule has 2 rings (SSSR count). The fourth-order valence-electron chi connectivity index (χ4n) is 2.43. The van der Waals surface area contributed by atoms with Gasteiger partial charge in [-0.25, -0.2) is 4.79 Å². The number of esters is 1. The zero-order valence-electron chi connectivity index (χ0n) is 15.7. The molecule has 0 saturated heterocycles. The Morgan fingerprint density at radius 3 is 2.25 bits per heavy atom. The summed E-state index contributed by atoms with van der Waals surface area (Å²) in [7, 11) is 1.17. The third-order valence-electron chi connectivity index (χ3n) is 3.96. The van der Waals surface area contributed by atoms with Crippen LogP contribution in [0.15, 0.2) is 70.7 Å². The molecule has 0 fully saturated rings. The van der Waals surface area contributed by atoms with Gasteiger partial charge in [0.1, 0.15) is 10.1 Å². The molecule has 0 aromatic heterocycles. The van der Waals surface area contributed by atoms with Gasteiger partial charge in [0.05, 0.1) is 7.11 Å². The van der Waals surface area contributed by atoms with Gasteiger partial charge in [-0.05, 0) is 18.1 Å². The third-order valence-corrected chi connectivity index (χ3v) is 4.75. The van der Waals surface area contributed by atoms with Crippen LogP contribution in [0.4, 0.5) is 0 Å². The molecular formula is C22H21Cl2NO3. The van der Waals surface area contributed by atoms with E-state index in [2.05, 4.69) is 4.74 Å². The second-order valence-electron chi connectivity index (χ2n) is 6.10. The molecule has 0 heterocycles. The summed E-state index contributed by atoms with van der Waals surface area (Å²) in [6.07, 6.45) is 3.78. The van der Waals surface area contributed by atoms with Crippen LogP contribution in [0.3, 0.4) is 0 Å². The molecule has 28 heavy (non-hydrogen) atoms. The van der Waals surface area contributed by atoms with Crippen molar-refractivity contribution in [3.63, 3.8) is 0 Å². The molecule has 0 aliphatic rings. The molecule has 0 saturated carbocycles. The second kappa shape index (κ2) is 10.7. The Morgan fingerprint density at radius 2 is 1.64 bits per heavy atom. The van der Waals surface area contributed by atoms with E-state index >= 15 is 0 Å². The third kappa shape index (κ3) is 6.25. The number of nitrogens with zero attached hydrogens (tertiary/aromatic N) is 1. The van der Waals surface area contributed by atoms with Crippen LogP contribution >= 0.6 is 23.2 Å². The Labute approximate surface area is 175 Å². The van der Waals surface area contributed by atoms with Crippen molar-refractivity contribution in [2.45, 2.75) is 13.5 Å². The van der Waals surface area contributed by atoms with Crippen LogP contribution in [0.1, 0.15) is 16.7 Å². The number of methoxy groups -OCH3 is 1. The van der Waals surface area contributed by atoms with Crippen LogP contribution < -0.4 is 0 Å². The number of hydrogen-bond acceptors (Lipinski definition) is 3. The lowest BCUT2D eigenvalue weighted by atomic mass is 10.1. The first-order valence-corrected chi connectivity index (χ1v) is 9.38. The Morgan fingerprint density at radius 1 is 1.00 bits per heavy atom. The van der Waals surface area contributed by atoms with Gasteiger partial charge >= 0.3 is 5.97 Å². The largest absolute Gasteiger partial charge is 0.465 e. The second-order valence-corrected chi connectivity index (χ2v) is 6.86. The topological polar surface area (TPSA) is 46.6 Å². The molecule has 6 heteroatoms. The summed E-state index contributed by atoms with van der Waals surface area (Å²) in [6.45, 7) is 2.63. The van der Waals surface area contributed by atoms with E-state index in [1.54, 1.807) is 0 Å². The summed E-state index contributed by atoms with van der Waals surface area (Å²) < 4.78 is 4.53. The van der Waals surface area contributed by atoms with Gasteiger partial charge in [0.25, 0.3) is 5.91 Å². The Bertz CT molecular complexity index is 874. The summed E-state index contributed by atoms with van der Waals surface area (Å²) in [6, 6.07) is 17.5. The number of amides is 1. The molecule has 146 valence electrons. The fraction of sp³-hybridized carbons (Fsp3) is 0.182. The lowest BCUT2D eigenvalue weighted by Gasteiger charge is -2.21. The summed E-state index contributed by atoms with van der Waals surface area (Å²) in [5, 5.41) is -0.803. The summed E-state index contributed by atoms with van der Waals surface area (Å²) in [5.74, 6) is -1.40. The van der Waals surface area contributed by atoms with Crippen LogP contribution in [-0.2, 0) is 20.9 Å². The maximum absolute atomic E-state index is 12.8. The lowest BCUT2D eigenvalue weighted by Crippen LogP contribution is -2.31. The Balaban J connectivity index is 2.22. The number of ether oxygens (including phenoxy) is 1. The zero-order chi connectivity index (χ0) is 20.5. The number of hydrogen-bond donors (Lipinski definition) is 0. The fourth-order valence-corrected chi connectivity index (χ4v) is 2.78. The Hall–Kier alpha value is -2.56. The predicted molar refractivity (Wildman–Crippen MR) is 113 cm³/mol. The van der Waals surface area contributed by atoms with Crippen molar-refractivity contribution >= 4 is 41.2 Å². The van der Waals surface area contributed by atoms with Crippen molar-refractivity contribution in [3.05, 3.63) is 87.4 Å². The first-order chi connectivity index (χ1) is 13.4. The molecule has 0 atom stereocenters.